The summed E-state index contributed by atoms with van der Waals surface area (Å²) in [6.07, 6.45) is 0. The van der Waals surface area contributed by atoms with Gasteiger partial charge in [-0.25, -0.2) is 0 Å². The summed E-state index contributed by atoms with van der Waals surface area (Å²) in [5.74, 6) is 0.212. The van der Waals surface area contributed by atoms with Crippen LogP contribution in [0.15, 0.2) is 42.5 Å². The molecule has 2 aromatic rings. The van der Waals surface area contributed by atoms with Crippen LogP contribution in [0.25, 0.3) is 0 Å². The van der Waals surface area contributed by atoms with Gasteiger partial charge in [0.15, 0.2) is 0 Å². The predicted molar refractivity (Wildman–Crippen MR) is 78.3 cm³/mol. The molecule has 0 radical (unpaired) electrons. The number of hydrogen-bond donors (Lipinski definition) is 1. The summed E-state index contributed by atoms with van der Waals surface area (Å²) in [4.78, 5) is 0. The van der Waals surface area contributed by atoms with Crippen LogP contribution in [0.3, 0.4) is 0 Å². The minimum absolute atomic E-state index is 0.212. The summed E-state index contributed by atoms with van der Waals surface area (Å²) in [5.41, 5.74) is 11.0. The first kappa shape index (κ1) is 13.1. The van der Waals surface area contributed by atoms with Crippen molar-refractivity contribution in [1.29, 1.82) is 0 Å². The van der Waals surface area contributed by atoms with Crippen molar-refractivity contribution in [3.63, 3.8) is 0 Å². The summed E-state index contributed by atoms with van der Waals surface area (Å²) < 4.78 is 0. The van der Waals surface area contributed by atoms with Gasteiger partial charge in [0.25, 0.3) is 0 Å². The molecule has 0 aromatic heterocycles. The monoisotopic (exact) mass is 259 g/mol. The molecule has 0 aliphatic heterocycles. The molecule has 0 saturated heterocycles. The number of aryl methyl sites for hydroxylation is 2. The smallest absolute Gasteiger partial charge is 0.0408 e. The van der Waals surface area contributed by atoms with Gasteiger partial charge in [-0.2, -0.15) is 0 Å². The fourth-order valence-electron chi connectivity index (χ4n) is 2.30. The Morgan fingerprint density at radius 3 is 2.56 bits per heavy atom. The van der Waals surface area contributed by atoms with Crippen molar-refractivity contribution in [2.24, 2.45) is 5.73 Å². The second kappa shape index (κ2) is 5.55. The van der Waals surface area contributed by atoms with Gasteiger partial charge in [-0.3, -0.25) is 0 Å². The van der Waals surface area contributed by atoms with E-state index >= 15 is 0 Å². The van der Waals surface area contributed by atoms with Crippen LogP contribution in [-0.2, 0) is 0 Å². The van der Waals surface area contributed by atoms with E-state index in [4.69, 9.17) is 17.3 Å². The first-order valence-corrected chi connectivity index (χ1v) is 6.52. The topological polar surface area (TPSA) is 26.0 Å². The zero-order valence-corrected chi connectivity index (χ0v) is 11.5. The molecule has 94 valence electrons. The molecule has 2 rings (SSSR count). The van der Waals surface area contributed by atoms with Crippen LogP contribution in [0.4, 0.5) is 0 Å². The van der Waals surface area contributed by atoms with Gasteiger partial charge in [-0.15, -0.1) is 0 Å². The number of halogens is 1. The Morgan fingerprint density at radius 2 is 1.89 bits per heavy atom. The molecule has 1 atom stereocenters. The van der Waals surface area contributed by atoms with Crippen LogP contribution >= 0.6 is 11.6 Å². The Balaban J connectivity index is 2.48. The first-order chi connectivity index (χ1) is 8.61. The SMILES string of the molecule is Cc1ccc(C)c(C(CN)c2cccc(Cl)c2)c1. The van der Waals surface area contributed by atoms with Gasteiger partial charge < -0.3 is 5.73 Å². The molecule has 1 unspecified atom stereocenters. The Hall–Kier alpha value is -1.31. The van der Waals surface area contributed by atoms with Crippen molar-refractivity contribution in [2.75, 3.05) is 6.54 Å². The maximum absolute atomic E-state index is 6.06. The number of nitrogens with two attached hydrogens (primary N) is 1. The van der Waals surface area contributed by atoms with Crippen molar-refractivity contribution in [3.05, 3.63) is 69.7 Å². The lowest BCUT2D eigenvalue weighted by Crippen LogP contribution is -2.15. The minimum Gasteiger partial charge on any atom is -0.330 e. The average molecular weight is 260 g/mol. The third-order valence-corrected chi connectivity index (χ3v) is 3.53. The first-order valence-electron chi connectivity index (χ1n) is 6.14. The standard InChI is InChI=1S/C16H18ClN/c1-11-6-7-12(2)15(8-11)16(10-18)13-4-3-5-14(17)9-13/h3-9,16H,10,18H2,1-2H3. The molecule has 0 heterocycles. The lowest BCUT2D eigenvalue weighted by Gasteiger charge is -2.19. The van der Waals surface area contributed by atoms with Gasteiger partial charge in [0.05, 0.1) is 0 Å². The third kappa shape index (κ3) is 2.74. The molecule has 0 amide bonds. The van der Waals surface area contributed by atoms with Crippen LogP contribution in [0, 0.1) is 13.8 Å². The summed E-state index contributed by atoms with van der Waals surface area (Å²) in [6, 6.07) is 14.5. The molecule has 2 heteroatoms. The molecule has 18 heavy (non-hydrogen) atoms. The van der Waals surface area contributed by atoms with Crippen LogP contribution in [0.1, 0.15) is 28.2 Å². The Kier molecular flexibility index (Phi) is 4.05. The van der Waals surface area contributed by atoms with E-state index in [0.29, 0.717) is 6.54 Å². The number of benzene rings is 2. The van der Waals surface area contributed by atoms with E-state index in [-0.39, 0.29) is 5.92 Å². The van der Waals surface area contributed by atoms with Gasteiger partial charge in [0.2, 0.25) is 0 Å². The molecule has 0 aliphatic rings. The van der Waals surface area contributed by atoms with E-state index in [1.165, 1.54) is 22.3 Å². The van der Waals surface area contributed by atoms with Crippen molar-refractivity contribution < 1.29 is 0 Å². The van der Waals surface area contributed by atoms with E-state index in [1.54, 1.807) is 0 Å². The summed E-state index contributed by atoms with van der Waals surface area (Å²) in [5, 5.41) is 0.760. The van der Waals surface area contributed by atoms with E-state index < -0.39 is 0 Å². The Bertz CT molecular complexity index is 549. The van der Waals surface area contributed by atoms with Crippen LogP contribution in [0.2, 0.25) is 5.02 Å². The van der Waals surface area contributed by atoms with Crippen LogP contribution in [-0.4, -0.2) is 6.54 Å². The van der Waals surface area contributed by atoms with Gasteiger partial charge in [0.1, 0.15) is 0 Å². The van der Waals surface area contributed by atoms with Crippen molar-refractivity contribution in [1.82, 2.24) is 0 Å². The van der Waals surface area contributed by atoms with Gasteiger partial charge in [-0.1, -0.05) is 47.5 Å². The maximum atomic E-state index is 6.06. The molecule has 0 saturated carbocycles. The Morgan fingerprint density at radius 1 is 1.11 bits per heavy atom. The van der Waals surface area contributed by atoms with Gasteiger partial charge in [-0.05, 0) is 42.7 Å². The second-order valence-electron chi connectivity index (χ2n) is 4.70. The van der Waals surface area contributed by atoms with E-state index in [1.807, 2.05) is 18.2 Å². The molecule has 0 spiro atoms. The zero-order chi connectivity index (χ0) is 13.1. The lowest BCUT2D eigenvalue weighted by molar-refractivity contribution is 0.811. The van der Waals surface area contributed by atoms with Crippen LogP contribution < -0.4 is 5.73 Å². The predicted octanol–water partition coefficient (Wildman–Crippen LogP) is 4.05. The molecule has 0 fully saturated rings. The maximum Gasteiger partial charge on any atom is 0.0408 e. The molecular weight excluding hydrogens is 242 g/mol. The molecule has 0 bridgehead atoms. The zero-order valence-electron chi connectivity index (χ0n) is 10.8. The normalized spacial score (nSPS) is 12.4. The largest absolute Gasteiger partial charge is 0.330 e. The van der Waals surface area contributed by atoms with Crippen molar-refractivity contribution in [2.45, 2.75) is 19.8 Å². The molecule has 0 aliphatic carbocycles. The molecule has 1 nitrogen and oxygen atoms in total. The van der Waals surface area contributed by atoms with E-state index in [9.17, 15) is 0 Å². The minimum atomic E-state index is 0.212. The van der Waals surface area contributed by atoms with E-state index in [0.717, 1.165) is 5.02 Å². The van der Waals surface area contributed by atoms with Crippen LogP contribution in [0.5, 0.6) is 0 Å². The molecule has 2 aromatic carbocycles. The molecule has 2 N–H and O–H groups in total. The highest BCUT2D eigenvalue weighted by atomic mass is 35.5. The van der Waals surface area contributed by atoms with Crippen molar-refractivity contribution >= 4 is 11.6 Å². The lowest BCUT2D eigenvalue weighted by atomic mass is 9.87. The number of rotatable bonds is 3. The summed E-state index contributed by atoms with van der Waals surface area (Å²) in [7, 11) is 0. The average Bonchev–Trinajstić information content (AvgIpc) is 2.35. The summed E-state index contributed by atoms with van der Waals surface area (Å²) >= 11 is 6.06. The number of hydrogen-bond acceptors (Lipinski definition) is 1. The Labute approximate surface area is 114 Å². The molecular formula is C16H18ClN. The highest BCUT2D eigenvalue weighted by Crippen LogP contribution is 2.28. The highest BCUT2D eigenvalue weighted by Gasteiger charge is 2.15. The highest BCUT2D eigenvalue weighted by molar-refractivity contribution is 6.30. The fourth-order valence-corrected chi connectivity index (χ4v) is 2.50. The summed E-state index contributed by atoms with van der Waals surface area (Å²) in [6.45, 7) is 4.82. The van der Waals surface area contributed by atoms with Gasteiger partial charge >= 0.3 is 0 Å². The fraction of sp³-hybridized carbons (Fsp3) is 0.250. The van der Waals surface area contributed by atoms with Gasteiger partial charge in [0, 0.05) is 17.5 Å². The second-order valence-corrected chi connectivity index (χ2v) is 5.14. The third-order valence-electron chi connectivity index (χ3n) is 3.30. The van der Waals surface area contributed by atoms with E-state index in [2.05, 4.69) is 38.1 Å². The van der Waals surface area contributed by atoms with Crippen molar-refractivity contribution in [3.8, 4) is 0 Å². The quantitative estimate of drug-likeness (QED) is 0.884.